The van der Waals surface area contributed by atoms with Gasteiger partial charge in [0, 0.05) is 29.2 Å². The Kier molecular flexibility index (Phi) is 25.6. The summed E-state index contributed by atoms with van der Waals surface area (Å²) in [6, 6.07) is 23.2. The minimum Gasteiger partial charge on any atom is -0.495 e. The SMILES string of the molecule is C=C(/N=C(\N=C(/C)Nc1cc(Cl)c(N=Nc2ccc(S(=O)(=O)O)c(Cl)c2)cc1OCCCS(=O)(=O)O)Nc1cc(Cl)c(N)cc1OCCCS(=O)(=O)O)Nc1ccc(N)cc1.COc1ccc(S(=O)(=O)O)cc1N.Nc1ccc(Cl)c(S(=O)(=O)O)c1. The number of azo groups is 1. The van der Waals surface area contributed by atoms with Crippen LogP contribution in [0.1, 0.15) is 19.8 Å². The Balaban J connectivity index is 0.000000516. The lowest BCUT2D eigenvalue weighted by atomic mass is 10.2. The molecule has 0 heterocycles. The van der Waals surface area contributed by atoms with Crippen molar-refractivity contribution in [3.8, 4) is 17.2 Å². The fourth-order valence-corrected chi connectivity index (χ4v) is 10.3. The molecular formula is C48H53Cl4N11O18S5. The third-order valence-electron chi connectivity index (χ3n) is 10.2. The average Bonchev–Trinajstić information content (AvgIpc) is 3.53. The number of nitrogens with one attached hydrogen (secondary N) is 3. The standard InChI is InChI=1S/C35H38Cl3N9O11S3.C7H9NO4S.C6H6ClNO3S/c1-20(41-23-7-5-22(39)6-8-23)43-35(45-31-16-25(36)28(40)18-32(31)57-11-3-13-59(48,49)50)44-21(2)42-30-17-26(37)29(19-33(30)58-12-4-14-60(51,52)53)47-46-24-9-10-34(27(38)15-24)61(54,55)56;1-12-7-3-2-5(4-6(7)8)13(9,10)11;7-5-2-1-4(8)3-6(5)12(9,10)11/h5-10,15-19,41H,1,3-4,11-14,39-40H2,2H3,(H,48,49,50)(H,51,52,53)(H,54,55,56)(H2,42,43,44,45);2-4H,8H2,1H3,(H,9,10,11);1-3H,8H2,(H,9,10,11). The summed E-state index contributed by atoms with van der Waals surface area (Å²) in [6.07, 6.45) is -0.176. The second-order valence-corrected chi connectivity index (χ2v) is 26.0. The number of benzene rings is 6. The van der Waals surface area contributed by atoms with E-state index in [1.165, 1.54) is 61.7 Å². The Hall–Kier alpha value is -7.29. The second-order valence-electron chi connectivity index (χ2n) is 17.1. The molecule has 0 fully saturated rings. The molecule has 0 aliphatic heterocycles. The minimum atomic E-state index is -4.60. The molecule has 0 aromatic heterocycles. The lowest BCUT2D eigenvalue weighted by Crippen LogP contribution is -2.18. The molecule has 0 saturated heterocycles. The summed E-state index contributed by atoms with van der Waals surface area (Å²) in [5, 5.41) is 17.0. The fraction of sp³-hybridized carbons (Fsp3) is 0.167. The van der Waals surface area contributed by atoms with Crippen LogP contribution in [-0.2, 0) is 50.6 Å². The van der Waals surface area contributed by atoms with Gasteiger partial charge < -0.3 is 53.1 Å². The Morgan fingerprint density at radius 2 is 1.09 bits per heavy atom. The van der Waals surface area contributed by atoms with Crippen LogP contribution in [0.5, 0.6) is 17.2 Å². The van der Waals surface area contributed by atoms with E-state index in [1.807, 2.05) is 0 Å². The van der Waals surface area contributed by atoms with Crippen LogP contribution in [0.3, 0.4) is 0 Å². The fourth-order valence-electron chi connectivity index (χ4n) is 6.40. The number of hydrogen-bond donors (Lipinski definition) is 12. The maximum Gasteiger partial charge on any atom is 0.296 e. The van der Waals surface area contributed by atoms with Gasteiger partial charge in [-0.15, -0.1) is 5.11 Å². The van der Waals surface area contributed by atoms with Crippen molar-refractivity contribution in [1.82, 2.24) is 0 Å². The number of rotatable bonds is 21. The van der Waals surface area contributed by atoms with E-state index in [1.54, 1.807) is 31.2 Å². The highest BCUT2D eigenvalue weighted by Gasteiger charge is 2.19. The Bertz CT molecular complexity index is 4150. The van der Waals surface area contributed by atoms with E-state index >= 15 is 0 Å². The van der Waals surface area contributed by atoms with Crippen molar-refractivity contribution in [3.05, 3.63) is 136 Å². The first-order valence-electron chi connectivity index (χ1n) is 23.5. The number of methoxy groups -OCH3 is 1. The molecule has 0 bridgehead atoms. The van der Waals surface area contributed by atoms with Gasteiger partial charge >= 0.3 is 0 Å². The van der Waals surface area contributed by atoms with E-state index in [-0.39, 0.29) is 125 Å². The summed E-state index contributed by atoms with van der Waals surface area (Å²) in [4.78, 5) is 7.90. The molecule has 86 heavy (non-hydrogen) atoms. The van der Waals surface area contributed by atoms with E-state index in [4.69, 9.17) is 97.2 Å². The zero-order valence-electron chi connectivity index (χ0n) is 44.5. The molecule has 16 N–H and O–H groups in total. The molecule has 6 rings (SSSR count). The molecule has 29 nitrogen and oxygen atoms in total. The largest absolute Gasteiger partial charge is 0.495 e. The van der Waals surface area contributed by atoms with Gasteiger partial charge in [0.25, 0.3) is 50.6 Å². The van der Waals surface area contributed by atoms with Crippen LogP contribution in [0, 0.1) is 0 Å². The molecule has 0 saturated carbocycles. The number of aliphatic imine (C=N–C) groups is 2. The zero-order chi connectivity index (χ0) is 64.5. The quantitative estimate of drug-likeness (QED) is 0.00796. The van der Waals surface area contributed by atoms with Crippen LogP contribution >= 0.6 is 46.4 Å². The number of amidine groups is 1. The molecule has 0 radical (unpaired) electrons. The molecule has 38 heteroatoms. The molecule has 0 spiro atoms. The van der Waals surface area contributed by atoms with Gasteiger partial charge in [0.1, 0.15) is 44.4 Å². The summed E-state index contributed by atoms with van der Waals surface area (Å²) in [5.41, 5.74) is 24.7. The number of hydrogen-bond acceptors (Lipinski definition) is 21. The van der Waals surface area contributed by atoms with Crippen molar-refractivity contribution in [2.75, 3.05) is 70.7 Å². The highest BCUT2D eigenvalue weighted by atomic mass is 35.5. The van der Waals surface area contributed by atoms with E-state index in [0.29, 0.717) is 17.1 Å². The van der Waals surface area contributed by atoms with E-state index < -0.39 is 67.0 Å². The summed E-state index contributed by atoms with van der Waals surface area (Å²) < 4.78 is 172. The molecule has 0 atom stereocenters. The van der Waals surface area contributed by atoms with Gasteiger partial charge in [-0.25, -0.2) is 0 Å². The van der Waals surface area contributed by atoms with Crippen LogP contribution in [0.15, 0.2) is 150 Å². The molecule has 466 valence electrons. The summed E-state index contributed by atoms with van der Waals surface area (Å²) in [6.45, 7) is 5.15. The topological polar surface area (TPSA) is 489 Å². The van der Waals surface area contributed by atoms with Crippen molar-refractivity contribution >= 4 is 160 Å². The van der Waals surface area contributed by atoms with Crippen LogP contribution in [0.4, 0.5) is 51.2 Å². The maximum atomic E-state index is 11.5. The van der Waals surface area contributed by atoms with Gasteiger partial charge in [-0.05, 0) is 111 Å². The van der Waals surface area contributed by atoms with Crippen LogP contribution in [-0.4, -0.2) is 108 Å². The summed E-state index contributed by atoms with van der Waals surface area (Å²) in [5.74, 6) is -0.482. The normalized spacial score (nSPS) is 12.3. The zero-order valence-corrected chi connectivity index (χ0v) is 51.6. The number of nitrogens with two attached hydrogens (primary N) is 4. The first-order chi connectivity index (χ1) is 39.8. The van der Waals surface area contributed by atoms with Crippen LogP contribution in [0.25, 0.3) is 0 Å². The van der Waals surface area contributed by atoms with Crippen molar-refractivity contribution in [2.24, 2.45) is 20.2 Å². The number of anilines is 7. The smallest absolute Gasteiger partial charge is 0.296 e. The first-order valence-corrected chi connectivity index (χ1v) is 32.6. The number of halogens is 4. The molecule has 0 aliphatic rings. The average molecular weight is 1370 g/mol. The Morgan fingerprint density at radius 1 is 0.535 bits per heavy atom. The van der Waals surface area contributed by atoms with Crippen molar-refractivity contribution in [2.45, 2.75) is 34.5 Å². The highest BCUT2D eigenvalue weighted by molar-refractivity contribution is 7.86. The van der Waals surface area contributed by atoms with Crippen molar-refractivity contribution in [3.63, 3.8) is 0 Å². The third-order valence-corrected chi connectivity index (χ3v) is 16.0. The number of guanidine groups is 1. The van der Waals surface area contributed by atoms with Crippen molar-refractivity contribution < 1.29 is 79.1 Å². The van der Waals surface area contributed by atoms with Gasteiger partial charge in [0.2, 0.25) is 5.96 Å². The van der Waals surface area contributed by atoms with Gasteiger partial charge in [-0.3, -0.25) is 22.8 Å². The predicted octanol–water partition coefficient (Wildman–Crippen LogP) is 9.36. The van der Waals surface area contributed by atoms with E-state index in [2.05, 4.69) is 42.7 Å². The number of nitrogens with zero attached hydrogens (tertiary/aromatic N) is 4. The lowest BCUT2D eigenvalue weighted by Gasteiger charge is -2.17. The van der Waals surface area contributed by atoms with Crippen LogP contribution in [0.2, 0.25) is 20.1 Å². The van der Waals surface area contributed by atoms with E-state index in [0.717, 1.165) is 24.3 Å². The minimum absolute atomic E-state index is 0.0189. The first kappa shape index (κ1) is 71.2. The van der Waals surface area contributed by atoms with Crippen LogP contribution < -0.4 is 53.1 Å². The Morgan fingerprint density at radius 3 is 1.62 bits per heavy atom. The molecule has 0 aliphatic carbocycles. The molecular weight excluding hydrogens is 1320 g/mol. The van der Waals surface area contributed by atoms with Crippen molar-refractivity contribution in [1.29, 1.82) is 0 Å². The summed E-state index contributed by atoms with van der Waals surface area (Å²) >= 11 is 24.4. The van der Waals surface area contributed by atoms with Gasteiger partial charge in [0.15, 0.2) is 0 Å². The molecule has 6 aromatic carbocycles. The van der Waals surface area contributed by atoms with Gasteiger partial charge in [-0.2, -0.15) is 57.2 Å². The highest BCUT2D eigenvalue weighted by Crippen LogP contribution is 2.39. The van der Waals surface area contributed by atoms with Gasteiger partial charge in [0.05, 0.1) is 85.3 Å². The lowest BCUT2D eigenvalue weighted by molar-refractivity contribution is 0.318. The second kappa shape index (κ2) is 30.9. The maximum absolute atomic E-state index is 11.5. The summed E-state index contributed by atoms with van der Waals surface area (Å²) in [7, 11) is -20.2. The van der Waals surface area contributed by atoms with E-state index in [9.17, 15) is 51.2 Å². The Labute approximate surface area is 513 Å². The van der Waals surface area contributed by atoms with Gasteiger partial charge in [-0.1, -0.05) is 53.0 Å². The number of ether oxygens (including phenoxy) is 3. The molecule has 6 aromatic rings. The molecule has 0 unspecified atom stereocenters. The molecule has 0 amide bonds. The number of nitrogen functional groups attached to an aromatic ring is 4. The monoisotopic (exact) mass is 1370 g/mol. The predicted molar refractivity (Wildman–Crippen MR) is 330 cm³/mol. The third kappa shape index (κ3) is 24.2.